The predicted octanol–water partition coefficient (Wildman–Crippen LogP) is 1.91. The van der Waals surface area contributed by atoms with Crippen molar-refractivity contribution in [2.45, 2.75) is 50.2 Å². The van der Waals surface area contributed by atoms with Crippen molar-refractivity contribution in [1.82, 2.24) is 10.1 Å². The van der Waals surface area contributed by atoms with E-state index in [2.05, 4.69) is 10.1 Å². The van der Waals surface area contributed by atoms with Gasteiger partial charge in [-0.15, -0.1) is 0 Å². The lowest BCUT2D eigenvalue weighted by Crippen LogP contribution is -2.29. The summed E-state index contributed by atoms with van der Waals surface area (Å²) in [5, 5.41) is 4.09. The van der Waals surface area contributed by atoms with Crippen LogP contribution in [-0.4, -0.2) is 30.9 Å². The van der Waals surface area contributed by atoms with Gasteiger partial charge in [-0.3, -0.25) is 0 Å². The van der Waals surface area contributed by atoms with Crippen LogP contribution >= 0.6 is 0 Å². The summed E-state index contributed by atoms with van der Waals surface area (Å²) in [4.78, 5) is 4.45. The standard InChI is InChI=1S/C13H23N3O3/c1-17-10(9-14)11-15-12(16-19-11)13(18-2)7-5-3-4-6-8-13/h10H,3-9,14H2,1-2H3. The second kappa shape index (κ2) is 6.45. The maximum absolute atomic E-state index is 5.75. The molecule has 0 aliphatic heterocycles. The summed E-state index contributed by atoms with van der Waals surface area (Å²) in [7, 11) is 3.30. The van der Waals surface area contributed by atoms with E-state index in [-0.39, 0.29) is 6.10 Å². The van der Waals surface area contributed by atoms with Gasteiger partial charge in [0.2, 0.25) is 5.82 Å². The van der Waals surface area contributed by atoms with Crippen molar-refractivity contribution in [3.63, 3.8) is 0 Å². The van der Waals surface area contributed by atoms with Gasteiger partial charge in [-0.05, 0) is 12.8 Å². The highest BCUT2D eigenvalue weighted by Crippen LogP contribution is 2.37. The number of aromatic nitrogens is 2. The molecule has 1 heterocycles. The second-order valence-electron chi connectivity index (χ2n) is 5.03. The van der Waals surface area contributed by atoms with Gasteiger partial charge < -0.3 is 19.7 Å². The number of nitrogens with two attached hydrogens (primary N) is 1. The van der Waals surface area contributed by atoms with Gasteiger partial charge in [0.05, 0.1) is 0 Å². The Morgan fingerprint density at radius 2 is 1.95 bits per heavy atom. The van der Waals surface area contributed by atoms with Crippen molar-refractivity contribution in [2.75, 3.05) is 20.8 Å². The van der Waals surface area contributed by atoms with Crippen LogP contribution in [0.3, 0.4) is 0 Å². The molecule has 6 heteroatoms. The second-order valence-corrected chi connectivity index (χ2v) is 5.03. The third kappa shape index (κ3) is 2.96. The van der Waals surface area contributed by atoms with E-state index in [1.165, 1.54) is 12.8 Å². The first kappa shape index (κ1) is 14.4. The largest absolute Gasteiger partial charge is 0.370 e. The summed E-state index contributed by atoms with van der Waals surface area (Å²) >= 11 is 0. The summed E-state index contributed by atoms with van der Waals surface area (Å²) < 4.78 is 16.2. The molecule has 1 aliphatic rings. The summed E-state index contributed by atoms with van der Waals surface area (Å²) in [5.74, 6) is 1.06. The molecule has 6 nitrogen and oxygen atoms in total. The Kier molecular flexibility index (Phi) is 4.90. The zero-order valence-electron chi connectivity index (χ0n) is 11.7. The molecule has 1 aromatic heterocycles. The molecule has 1 aromatic rings. The first-order chi connectivity index (χ1) is 9.25. The van der Waals surface area contributed by atoms with Gasteiger partial charge in [0.25, 0.3) is 5.89 Å². The van der Waals surface area contributed by atoms with E-state index in [0.717, 1.165) is 25.7 Å². The highest BCUT2D eigenvalue weighted by atomic mass is 16.5. The normalized spacial score (nSPS) is 21.0. The molecule has 1 saturated carbocycles. The molecule has 1 unspecified atom stereocenters. The van der Waals surface area contributed by atoms with Crippen molar-refractivity contribution in [3.05, 3.63) is 11.7 Å². The molecule has 1 aliphatic carbocycles. The Morgan fingerprint density at radius 3 is 2.47 bits per heavy atom. The average molecular weight is 269 g/mol. The number of methoxy groups -OCH3 is 2. The average Bonchev–Trinajstić information content (AvgIpc) is 2.80. The Balaban J connectivity index is 2.23. The van der Waals surface area contributed by atoms with E-state index >= 15 is 0 Å². The molecular weight excluding hydrogens is 246 g/mol. The van der Waals surface area contributed by atoms with Crippen LogP contribution in [0.5, 0.6) is 0 Å². The molecule has 2 N–H and O–H groups in total. The van der Waals surface area contributed by atoms with Crippen LogP contribution in [0.2, 0.25) is 0 Å². The van der Waals surface area contributed by atoms with Gasteiger partial charge in [0, 0.05) is 20.8 Å². The lowest BCUT2D eigenvalue weighted by atomic mass is 9.93. The third-order valence-corrected chi connectivity index (χ3v) is 3.93. The molecule has 0 radical (unpaired) electrons. The molecule has 0 aromatic carbocycles. The predicted molar refractivity (Wildman–Crippen MR) is 69.5 cm³/mol. The van der Waals surface area contributed by atoms with E-state index in [1.54, 1.807) is 14.2 Å². The van der Waals surface area contributed by atoms with E-state index in [4.69, 9.17) is 19.7 Å². The Hall–Kier alpha value is -0.980. The smallest absolute Gasteiger partial charge is 0.257 e. The minimum absolute atomic E-state index is 0.318. The van der Waals surface area contributed by atoms with Crippen LogP contribution < -0.4 is 5.73 Å². The lowest BCUT2D eigenvalue weighted by Gasteiger charge is -2.27. The zero-order valence-corrected chi connectivity index (χ0v) is 11.7. The Labute approximate surface area is 113 Å². The Morgan fingerprint density at radius 1 is 1.26 bits per heavy atom. The first-order valence-electron chi connectivity index (χ1n) is 6.88. The van der Waals surface area contributed by atoms with Crippen LogP contribution in [0, 0.1) is 0 Å². The topological polar surface area (TPSA) is 83.4 Å². The van der Waals surface area contributed by atoms with Crippen LogP contribution in [0.4, 0.5) is 0 Å². The molecule has 0 spiro atoms. The third-order valence-electron chi connectivity index (χ3n) is 3.93. The fraction of sp³-hybridized carbons (Fsp3) is 0.846. The summed E-state index contributed by atoms with van der Waals surface area (Å²) in [5.41, 5.74) is 5.20. The lowest BCUT2D eigenvalue weighted by molar-refractivity contribution is -0.0365. The fourth-order valence-electron chi connectivity index (χ4n) is 2.67. The maximum atomic E-state index is 5.75. The quantitative estimate of drug-likeness (QED) is 0.822. The van der Waals surface area contributed by atoms with Crippen LogP contribution in [0.25, 0.3) is 0 Å². The SMILES string of the molecule is COC(CN)c1nc(C2(OC)CCCCCC2)no1. The molecule has 108 valence electrons. The molecule has 2 rings (SSSR count). The molecule has 1 fully saturated rings. The van der Waals surface area contributed by atoms with Crippen LogP contribution in [0.1, 0.15) is 56.3 Å². The number of nitrogens with zero attached hydrogens (tertiary/aromatic N) is 2. The van der Waals surface area contributed by atoms with Crippen molar-refractivity contribution in [1.29, 1.82) is 0 Å². The van der Waals surface area contributed by atoms with Crippen LogP contribution in [0.15, 0.2) is 4.52 Å². The van der Waals surface area contributed by atoms with E-state index in [1.807, 2.05) is 0 Å². The van der Waals surface area contributed by atoms with Crippen molar-refractivity contribution >= 4 is 0 Å². The van der Waals surface area contributed by atoms with E-state index in [9.17, 15) is 0 Å². The molecule has 0 amide bonds. The Bertz CT molecular complexity index is 382. The highest BCUT2D eigenvalue weighted by Gasteiger charge is 2.38. The maximum Gasteiger partial charge on any atom is 0.257 e. The van der Waals surface area contributed by atoms with Crippen molar-refractivity contribution in [3.8, 4) is 0 Å². The number of rotatable bonds is 5. The molecule has 19 heavy (non-hydrogen) atoms. The molecule has 0 bridgehead atoms. The van der Waals surface area contributed by atoms with E-state index < -0.39 is 5.60 Å². The monoisotopic (exact) mass is 269 g/mol. The molecule has 1 atom stereocenters. The van der Waals surface area contributed by atoms with Crippen molar-refractivity contribution < 1.29 is 14.0 Å². The summed E-state index contributed by atoms with van der Waals surface area (Å²) in [6, 6.07) is 0. The van der Waals surface area contributed by atoms with Gasteiger partial charge in [-0.1, -0.05) is 30.8 Å². The number of hydrogen-bond acceptors (Lipinski definition) is 6. The highest BCUT2D eigenvalue weighted by molar-refractivity contribution is 5.04. The first-order valence-corrected chi connectivity index (χ1v) is 6.88. The van der Waals surface area contributed by atoms with Gasteiger partial charge in [-0.25, -0.2) is 0 Å². The zero-order chi connectivity index (χ0) is 13.7. The van der Waals surface area contributed by atoms with Gasteiger partial charge in [-0.2, -0.15) is 4.98 Å². The van der Waals surface area contributed by atoms with Gasteiger partial charge in [0.15, 0.2) is 0 Å². The fourth-order valence-corrected chi connectivity index (χ4v) is 2.67. The van der Waals surface area contributed by atoms with Gasteiger partial charge >= 0.3 is 0 Å². The molecular formula is C13H23N3O3. The number of ether oxygens (including phenoxy) is 2. The summed E-state index contributed by atoms with van der Waals surface area (Å²) in [6.07, 6.45) is 6.25. The molecule has 0 saturated heterocycles. The van der Waals surface area contributed by atoms with E-state index in [0.29, 0.717) is 18.3 Å². The van der Waals surface area contributed by atoms with Crippen molar-refractivity contribution in [2.24, 2.45) is 5.73 Å². The number of hydrogen-bond donors (Lipinski definition) is 1. The minimum atomic E-state index is -0.412. The summed E-state index contributed by atoms with van der Waals surface area (Å²) in [6.45, 7) is 0.318. The van der Waals surface area contributed by atoms with Gasteiger partial charge in [0.1, 0.15) is 11.7 Å². The minimum Gasteiger partial charge on any atom is -0.370 e. The van der Waals surface area contributed by atoms with Crippen LogP contribution in [-0.2, 0) is 15.1 Å².